The largest absolute Gasteiger partial charge is 0.352 e. The van der Waals surface area contributed by atoms with E-state index in [2.05, 4.69) is 15.6 Å². The summed E-state index contributed by atoms with van der Waals surface area (Å²) in [6, 6.07) is 5.61. The van der Waals surface area contributed by atoms with Gasteiger partial charge in [-0.2, -0.15) is 4.31 Å². The van der Waals surface area contributed by atoms with Gasteiger partial charge in [-0.15, -0.1) is 0 Å². The summed E-state index contributed by atoms with van der Waals surface area (Å²) in [5, 5.41) is 6.15. The second-order valence-electron chi connectivity index (χ2n) is 6.06. The van der Waals surface area contributed by atoms with E-state index < -0.39 is 21.5 Å². The number of pyridine rings is 1. The van der Waals surface area contributed by atoms with Crippen LogP contribution in [0.1, 0.15) is 30.6 Å². The number of amides is 1. The summed E-state index contributed by atoms with van der Waals surface area (Å²) < 4.78 is 26.9. The summed E-state index contributed by atoms with van der Waals surface area (Å²) in [6.45, 7) is 5.43. The average molecular weight is 394 g/mol. The van der Waals surface area contributed by atoms with Crippen molar-refractivity contribution in [3.63, 3.8) is 0 Å². The molecule has 1 heterocycles. The Morgan fingerprint density at radius 3 is 2.48 bits per heavy atom. The molecule has 148 valence electrons. The molecule has 0 aliphatic carbocycles. The highest BCUT2D eigenvalue weighted by Gasteiger charge is 2.23. The molecule has 8 nitrogen and oxygen atoms in total. The number of carbonyl (C=O) groups is 1. The lowest BCUT2D eigenvalue weighted by Gasteiger charge is -2.19. The fraction of sp³-hybridized carbons (Fsp3) is 0.444. The summed E-state index contributed by atoms with van der Waals surface area (Å²) in [5.74, 6) is -0.403. The number of carbonyl (C=O) groups excluding carboxylic acids is 1. The van der Waals surface area contributed by atoms with E-state index in [1.165, 1.54) is 28.6 Å². The Hall–Kier alpha value is -2.23. The van der Waals surface area contributed by atoms with E-state index >= 15 is 0 Å². The van der Waals surface area contributed by atoms with Crippen LogP contribution in [0.5, 0.6) is 0 Å². The molecule has 0 unspecified atom stereocenters. The number of sulfonamides is 1. The monoisotopic (exact) mass is 394 g/mol. The lowest BCUT2D eigenvalue weighted by atomic mass is 10.1. The second-order valence-corrected chi connectivity index (χ2v) is 7.99. The van der Waals surface area contributed by atoms with E-state index in [9.17, 15) is 18.0 Å². The molecule has 0 radical (unpaired) electrons. The molecule has 0 aliphatic rings. The van der Waals surface area contributed by atoms with Crippen LogP contribution in [0.3, 0.4) is 0 Å². The van der Waals surface area contributed by atoms with Gasteiger partial charge in [0.25, 0.3) is 5.91 Å². The van der Waals surface area contributed by atoms with Crippen LogP contribution in [0.15, 0.2) is 34.0 Å². The number of aromatic nitrogens is 1. The summed E-state index contributed by atoms with van der Waals surface area (Å²) in [4.78, 5) is 27.2. The second kappa shape index (κ2) is 9.12. The molecule has 9 heteroatoms. The maximum absolute atomic E-state index is 12.8. The quantitative estimate of drug-likeness (QED) is 0.547. The molecule has 3 N–H and O–H groups in total. The Morgan fingerprint density at radius 1 is 1.15 bits per heavy atom. The molecule has 1 amide bonds. The van der Waals surface area contributed by atoms with Crippen LogP contribution < -0.4 is 16.2 Å². The third-order valence-corrected chi connectivity index (χ3v) is 6.34. The van der Waals surface area contributed by atoms with E-state index in [0.29, 0.717) is 30.5 Å². The Kier molecular flexibility index (Phi) is 7.11. The first-order chi connectivity index (χ1) is 12.8. The number of benzene rings is 1. The van der Waals surface area contributed by atoms with E-state index in [1.807, 2.05) is 7.05 Å². The van der Waals surface area contributed by atoms with E-state index in [4.69, 9.17) is 0 Å². The van der Waals surface area contributed by atoms with Crippen LogP contribution >= 0.6 is 0 Å². The van der Waals surface area contributed by atoms with Crippen LogP contribution in [0.2, 0.25) is 0 Å². The smallest absolute Gasteiger partial charge is 0.252 e. The number of nitrogens with zero attached hydrogens (tertiary/aromatic N) is 1. The molecule has 0 atom stereocenters. The molecule has 0 spiro atoms. The number of aromatic amines is 1. The zero-order chi connectivity index (χ0) is 20.0. The highest BCUT2D eigenvalue weighted by Crippen LogP contribution is 2.22. The molecule has 1 aromatic carbocycles. The van der Waals surface area contributed by atoms with Crippen molar-refractivity contribution < 1.29 is 13.2 Å². The molecule has 27 heavy (non-hydrogen) atoms. The third-order valence-electron chi connectivity index (χ3n) is 4.29. The van der Waals surface area contributed by atoms with Gasteiger partial charge < -0.3 is 15.6 Å². The number of nitrogens with one attached hydrogen (secondary N) is 3. The highest BCUT2D eigenvalue weighted by molar-refractivity contribution is 7.89. The molecule has 0 saturated heterocycles. The minimum atomic E-state index is -3.67. The van der Waals surface area contributed by atoms with Crippen LogP contribution in [-0.2, 0) is 10.0 Å². The van der Waals surface area contributed by atoms with Crippen molar-refractivity contribution in [1.82, 2.24) is 19.9 Å². The van der Waals surface area contributed by atoms with Crippen molar-refractivity contribution in [3.8, 4) is 0 Å². The Morgan fingerprint density at radius 2 is 1.85 bits per heavy atom. The molecule has 1 aromatic heterocycles. The van der Waals surface area contributed by atoms with E-state index in [-0.39, 0.29) is 10.5 Å². The van der Waals surface area contributed by atoms with E-state index in [0.717, 1.165) is 13.0 Å². The van der Waals surface area contributed by atoms with Crippen molar-refractivity contribution in [2.45, 2.75) is 25.2 Å². The molecule has 0 bridgehead atoms. The van der Waals surface area contributed by atoms with Crippen molar-refractivity contribution >= 4 is 26.8 Å². The van der Waals surface area contributed by atoms with Gasteiger partial charge >= 0.3 is 0 Å². The SMILES string of the molecule is CCN(CC)S(=O)(=O)c1ccc2[nH]c(=O)cc(C(=O)NCCCNC)c2c1. The first-order valence-corrected chi connectivity index (χ1v) is 10.4. The first-order valence-electron chi connectivity index (χ1n) is 8.95. The summed E-state index contributed by atoms with van der Waals surface area (Å²) >= 11 is 0. The minimum Gasteiger partial charge on any atom is -0.352 e. The maximum Gasteiger partial charge on any atom is 0.252 e. The van der Waals surface area contributed by atoms with E-state index in [1.54, 1.807) is 13.8 Å². The van der Waals surface area contributed by atoms with Crippen LogP contribution in [0.25, 0.3) is 10.9 Å². The molecule has 0 aliphatic heterocycles. The lowest BCUT2D eigenvalue weighted by Crippen LogP contribution is -2.30. The Labute approximate surface area is 159 Å². The molecule has 0 saturated carbocycles. The van der Waals surface area contributed by atoms with Gasteiger partial charge in [0.2, 0.25) is 15.6 Å². The van der Waals surface area contributed by atoms with Crippen molar-refractivity contribution in [2.24, 2.45) is 0 Å². The number of hydrogen-bond acceptors (Lipinski definition) is 5. The highest BCUT2D eigenvalue weighted by atomic mass is 32.2. The molecule has 0 fully saturated rings. The van der Waals surface area contributed by atoms with Gasteiger partial charge in [0.15, 0.2) is 0 Å². The summed E-state index contributed by atoms with van der Waals surface area (Å²) in [5.41, 5.74) is 0.165. The third kappa shape index (κ3) is 4.74. The number of hydrogen-bond donors (Lipinski definition) is 3. The van der Waals surface area contributed by atoms with Gasteiger partial charge in [-0.05, 0) is 38.2 Å². The van der Waals surface area contributed by atoms with Gasteiger partial charge in [-0.25, -0.2) is 8.42 Å². The van der Waals surface area contributed by atoms with Gasteiger partial charge in [-0.1, -0.05) is 13.8 Å². The summed E-state index contributed by atoms with van der Waals surface area (Å²) in [7, 11) is -1.84. The topological polar surface area (TPSA) is 111 Å². The van der Waals surface area contributed by atoms with Crippen LogP contribution in [0.4, 0.5) is 0 Å². The predicted octanol–water partition coefficient (Wildman–Crippen LogP) is 0.898. The molecular formula is C18H26N4O4S. The standard InChI is InChI=1S/C18H26N4O4S/c1-4-22(5-2)27(25,26)13-7-8-16-14(11-13)15(12-17(23)21-16)18(24)20-10-6-9-19-3/h7-8,11-12,19H,4-6,9-10H2,1-3H3,(H,20,24)(H,21,23). The van der Waals surface area contributed by atoms with Gasteiger partial charge in [-0.3, -0.25) is 9.59 Å². The molecular weight excluding hydrogens is 368 g/mol. The zero-order valence-corrected chi connectivity index (χ0v) is 16.6. The van der Waals surface area contributed by atoms with Gasteiger partial charge in [0, 0.05) is 36.6 Å². The maximum atomic E-state index is 12.8. The number of rotatable bonds is 9. The number of H-pyrrole nitrogens is 1. The lowest BCUT2D eigenvalue weighted by molar-refractivity contribution is 0.0954. The Bertz CT molecular complexity index is 965. The summed E-state index contributed by atoms with van der Waals surface area (Å²) in [6.07, 6.45) is 0.741. The number of fused-ring (bicyclic) bond motifs is 1. The van der Waals surface area contributed by atoms with Gasteiger partial charge in [0.05, 0.1) is 10.5 Å². The minimum absolute atomic E-state index is 0.0926. The van der Waals surface area contributed by atoms with Crippen molar-refractivity contribution in [1.29, 1.82) is 0 Å². The molecule has 2 aromatic rings. The van der Waals surface area contributed by atoms with Gasteiger partial charge in [0.1, 0.15) is 0 Å². The normalized spacial score (nSPS) is 11.9. The van der Waals surface area contributed by atoms with Crippen molar-refractivity contribution in [3.05, 3.63) is 40.2 Å². The van der Waals surface area contributed by atoms with Crippen LogP contribution in [0, 0.1) is 0 Å². The average Bonchev–Trinajstić information content (AvgIpc) is 2.64. The van der Waals surface area contributed by atoms with Crippen molar-refractivity contribution in [2.75, 3.05) is 33.2 Å². The zero-order valence-electron chi connectivity index (χ0n) is 15.8. The molecule has 2 rings (SSSR count). The fourth-order valence-electron chi connectivity index (χ4n) is 2.86. The fourth-order valence-corrected chi connectivity index (χ4v) is 4.34. The Balaban J connectivity index is 2.49. The first kappa shape index (κ1) is 21.1. The predicted molar refractivity (Wildman–Crippen MR) is 106 cm³/mol. The van der Waals surface area contributed by atoms with Crippen LogP contribution in [-0.4, -0.2) is 56.8 Å².